The van der Waals surface area contributed by atoms with Crippen molar-refractivity contribution in [1.29, 1.82) is 0 Å². The van der Waals surface area contributed by atoms with E-state index in [1.165, 1.54) is 12.1 Å². The Hall–Kier alpha value is -3.47. The molecule has 3 aromatic carbocycles. The van der Waals surface area contributed by atoms with Gasteiger partial charge in [0.25, 0.3) is 0 Å². The van der Waals surface area contributed by atoms with Gasteiger partial charge in [0.1, 0.15) is 11.9 Å². The highest BCUT2D eigenvalue weighted by Gasteiger charge is 2.31. The first-order chi connectivity index (χ1) is 16.4. The molecule has 0 aliphatic rings. The molecule has 0 fully saturated rings. The molecule has 34 heavy (non-hydrogen) atoms. The fourth-order valence-corrected chi connectivity index (χ4v) is 3.84. The normalized spacial score (nSPS) is 12.6. The zero-order chi connectivity index (χ0) is 24.5. The first-order valence-corrected chi connectivity index (χ1v) is 11.8. The predicted octanol–water partition coefficient (Wildman–Crippen LogP) is 5.23. The number of rotatable bonds is 10. The summed E-state index contributed by atoms with van der Waals surface area (Å²) in [6, 6.07) is 22.9. The number of nitrogens with zero attached hydrogens (tertiary/aromatic N) is 1. The average Bonchev–Trinajstić information content (AvgIpc) is 2.84. The Kier molecular flexibility index (Phi) is 8.97. The fraction of sp³-hybridized carbons (Fsp3) is 0.310. The van der Waals surface area contributed by atoms with E-state index >= 15 is 0 Å². The molecule has 4 nitrogen and oxygen atoms in total. The number of benzene rings is 3. The van der Waals surface area contributed by atoms with Crippen molar-refractivity contribution in [2.45, 2.75) is 58.7 Å². The van der Waals surface area contributed by atoms with Gasteiger partial charge in [0.15, 0.2) is 0 Å². The van der Waals surface area contributed by atoms with Crippen molar-refractivity contribution in [3.8, 4) is 0 Å². The lowest BCUT2D eigenvalue weighted by atomic mass is 10.00. The molecule has 178 valence electrons. The summed E-state index contributed by atoms with van der Waals surface area (Å²) in [7, 11) is 0. The van der Waals surface area contributed by atoms with E-state index in [9.17, 15) is 14.0 Å². The topological polar surface area (TPSA) is 49.4 Å². The summed E-state index contributed by atoms with van der Waals surface area (Å²) < 4.78 is 13.4. The number of hydrogen-bond donors (Lipinski definition) is 1. The van der Waals surface area contributed by atoms with Crippen LogP contribution in [0.4, 0.5) is 4.39 Å². The van der Waals surface area contributed by atoms with Crippen molar-refractivity contribution in [3.63, 3.8) is 0 Å². The largest absolute Gasteiger partial charge is 0.352 e. The molecule has 0 bridgehead atoms. The van der Waals surface area contributed by atoms with E-state index in [4.69, 9.17) is 0 Å². The molecule has 2 unspecified atom stereocenters. The fourth-order valence-electron chi connectivity index (χ4n) is 3.84. The summed E-state index contributed by atoms with van der Waals surface area (Å²) in [4.78, 5) is 28.8. The molecule has 0 saturated carbocycles. The first kappa shape index (κ1) is 25.2. The van der Waals surface area contributed by atoms with Crippen molar-refractivity contribution in [3.05, 3.63) is 107 Å². The maximum absolute atomic E-state index is 13.7. The molecule has 5 heteroatoms. The van der Waals surface area contributed by atoms with Crippen LogP contribution < -0.4 is 5.32 Å². The number of carbonyl (C=O) groups is 2. The molecule has 0 aliphatic heterocycles. The van der Waals surface area contributed by atoms with E-state index in [2.05, 4.69) is 5.32 Å². The molecule has 2 amide bonds. The molecule has 0 radical (unpaired) electrons. The highest BCUT2D eigenvalue weighted by atomic mass is 19.1. The van der Waals surface area contributed by atoms with Gasteiger partial charge >= 0.3 is 0 Å². The Balaban J connectivity index is 1.97. The standard InChI is InChI=1S/C29H33FN2O2/c1-4-22(3)31-29(34)27(18-23-11-6-5-7-12-23)32(20-25-13-9-8-10-21(25)2)28(33)19-24-14-16-26(30)17-15-24/h5-17,22,27H,4,18-20H2,1-3H3,(H,31,34). The molecule has 3 aromatic rings. The zero-order valence-corrected chi connectivity index (χ0v) is 20.1. The number of nitrogens with one attached hydrogen (secondary N) is 1. The first-order valence-electron chi connectivity index (χ1n) is 11.8. The maximum atomic E-state index is 13.7. The lowest BCUT2D eigenvalue weighted by molar-refractivity contribution is -0.141. The van der Waals surface area contributed by atoms with Gasteiger partial charge in [0.2, 0.25) is 11.8 Å². The number of aryl methyl sites for hydroxylation is 1. The van der Waals surface area contributed by atoms with Gasteiger partial charge in [-0.3, -0.25) is 9.59 Å². The minimum absolute atomic E-state index is 0.00159. The molecule has 3 rings (SSSR count). The minimum Gasteiger partial charge on any atom is -0.352 e. The summed E-state index contributed by atoms with van der Waals surface area (Å²) in [5.74, 6) is -0.683. The van der Waals surface area contributed by atoms with Crippen LogP contribution in [0.15, 0.2) is 78.9 Å². The second kappa shape index (κ2) is 12.1. The third-order valence-electron chi connectivity index (χ3n) is 6.14. The molecule has 2 atom stereocenters. The van der Waals surface area contributed by atoms with Crippen LogP contribution in [0.25, 0.3) is 0 Å². The van der Waals surface area contributed by atoms with Crippen molar-refractivity contribution in [2.75, 3.05) is 0 Å². The van der Waals surface area contributed by atoms with Crippen molar-refractivity contribution in [2.24, 2.45) is 0 Å². The summed E-state index contributed by atoms with van der Waals surface area (Å²) >= 11 is 0. The van der Waals surface area contributed by atoms with Crippen LogP contribution >= 0.6 is 0 Å². The van der Waals surface area contributed by atoms with E-state index < -0.39 is 6.04 Å². The highest BCUT2D eigenvalue weighted by molar-refractivity contribution is 5.89. The van der Waals surface area contributed by atoms with E-state index in [1.807, 2.05) is 75.4 Å². The molecule has 0 heterocycles. The van der Waals surface area contributed by atoms with E-state index in [1.54, 1.807) is 17.0 Å². The van der Waals surface area contributed by atoms with E-state index in [0.29, 0.717) is 18.5 Å². The van der Waals surface area contributed by atoms with Crippen molar-refractivity contribution < 1.29 is 14.0 Å². The zero-order valence-electron chi connectivity index (χ0n) is 20.1. The van der Waals surface area contributed by atoms with Gasteiger partial charge in [-0.15, -0.1) is 0 Å². The number of halogens is 1. The van der Waals surface area contributed by atoms with Gasteiger partial charge in [-0.25, -0.2) is 4.39 Å². The van der Waals surface area contributed by atoms with Gasteiger partial charge in [-0.2, -0.15) is 0 Å². The van der Waals surface area contributed by atoms with Gasteiger partial charge in [-0.1, -0.05) is 73.7 Å². The number of hydrogen-bond acceptors (Lipinski definition) is 2. The second-order valence-corrected chi connectivity index (χ2v) is 8.77. The Bertz CT molecular complexity index is 1080. The van der Waals surface area contributed by atoms with Crippen molar-refractivity contribution in [1.82, 2.24) is 10.2 Å². The summed E-state index contributed by atoms with van der Waals surface area (Å²) in [6.07, 6.45) is 1.29. The molecule has 0 aliphatic carbocycles. The molecular formula is C29H33FN2O2. The van der Waals surface area contributed by atoms with Crippen LogP contribution in [-0.4, -0.2) is 28.8 Å². The van der Waals surface area contributed by atoms with Crippen LogP contribution in [0.1, 0.15) is 42.5 Å². The monoisotopic (exact) mass is 460 g/mol. The molecule has 0 spiro atoms. The average molecular weight is 461 g/mol. The smallest absolute Gasteiger partial charge is 0.243 e. The lowest BCUT2D eigenvalue weighted by Crippen LogP contribution is -2.52. The van der Waals surface area contributed by atoms with Gasteiger partial charge in [-0.05, 0) is 54.7 Å². The summed E-state index contributed by atoms with van der Waals surface area (Å²) in [5.41, 5.74) is 3.74. The molecule has 0 aromatic heterocycles. The van der Waals surface area contributed by atoms with E-state index in [-0.39, 0.29) is 30.1 Å². The minimum atomic E-state index is -0.677. The van der Waals surface area contributed by atoms with E-state index in [0.717, 1.165) is 23.1 Å². The Labute approximate surface area is 201 Å². The van der Waals surface area contributed by atoms with Crippen LogP contribution in [-0.2, 0) is 29.0 Å². The Morgan fingerprint density at radius 1 is 0.912 bits per heavy atom. The van der Waals surface area contributed by atoms with Crippen LogP contribution in [0, 0.1) is 12.7 Å². The lowest BCUT2D eigenvalue weighted by Gasteiger charge is -2.33. The molecular weight excluding hydrogens is 427 g/mol. The number of amides is 2. The quantitative estimate of drug-likeness (QED) is 0.450. The van der Waals surface area contributed by atoms with Gasteiger partial charge in [0.05, 0.1) is 6.42 Å². The Morgan fingerprint density at radius 3 is 2.21 bits per heavy atom. The molecule has 1 N–H and O–H groups in total. The van der Waals surface area contributed by atoms with Crippen LogP contribution in [0.5, 0.6) is 0 Å². The Morgan fingerprint density at radius 2 is 1.56 bits per heavy atom. The highest BCUT2D eigenvalue weighted by Crippen LogP contribution is 2.19. The SMILES string of the molecule is CCC(C)NC(=O)C(Cc1ccccc1)N(Cc1ccccc1C)C(=O)Cc1ccc(F)cc1. The number of carbonyl (C=O) groups excluding carboxylic acids is 2. The molecule has 0 saturated heterocycles. The summed E-state index contributed by atoms with van der Waals surface area (Å²) in [5, 5.41) is 3.07. The third kappa shape index (κ3) is 7.01. The van der Waals surface area contributed by atoms with Gasteiger partial charge in [0, 0.05) is 19.0 Å². The maximum Gasteiger partial charge on any atom is 0.243 e. The second-order valence-electron chi connectivity index (χ2n) is 8.77. The summed E-state index contributed by atoms with van der Waals surface area (Å²) in [6.45, 7) is 6.30. The van der Waals surface area contributed by atoms with Crippen LogP contribution in [0.2, 0.25) is 0 Å². The van der Waals surface area contributed by atoms with Gasteiger partial charge < -0.3 is 10.2 Å². The van der Waals surface area contributed by atoms with Crippen LogP contribution in [0.3, 0.4) is 0 Å². The van der Waals surface area contributed by atoms with Crippen molar-refractivity contribution >= 4 is 11.8 Å². The third-order valence-corrected chi connectivity index (χ3v) is 6.14. The predicted molar refractivity (Wildman–Crippen MR) is 134 cm³/mol.